The molecule has 0 saturated carbocycles. The summed E-state index contributed by atoms with van der Waals surface area (Å²) >= 11 is 6.39. The summed E-state index contributed by atoms with van der Waals surface area (Å²) in [6, 6.07) is 25.2. The molecule has 178 valence electrons. The predicted octanol–water partition coefficient (Wildman–Crippen LogP) is 4.42. The van der Waals surface area contributed by atoms with E-state index in [9.17, 15) is 4.79 Å². The van der Waals surface area contributed by atoms with Crippen LogP contribution in [0, 0.1) is 0 Å². The minimum atomic E-state index is -0.263. The van der Waals surface area contributed by atoms with Crippen LogP contribution >= 0.6 is 11.6 Å². The Labute approximate surface area is 209 Å². The van der Waals surface area contributed by atoms with E-state index in [2.05, 4.69) is 25.3 Å². The lowest BCUT2D eigenvalue weighted by Gasteiger charge is -2.37. The van der Waals surface area contributed by atoms with Gasteiger partial charge in [-0.2, -0.15) is 0 Å². The number of aromatic nitrogens is 2. The minimum absolute atomic E-state index is 0.263. The molecule has 0 radical (unpaired) electrons. The monoisotopic (exact) mass is 487 g/mol. The van der Waals surface area contributed by atoms with Gasteiger partial charge in [0.2, 0.25) is 0 Å². The zero-order valence-corrected chi connectivity index (χ0v) is 20.0. The van der Waals surface area contributed by atoms with Crippen molar-refractivity contribution in [3.05, 3.63) is 89.6 Å². The number of ether oxygens (including phenoxy) is 1. The quantitative estimate of drug-likeness (QED) is 0.389. The SMILES string of the molecule is O=C(NCCOc1ccccc1)c1nnc(N2CCN(c3ccccc3Cl)CC2)c2ccccc12. The number of halogens is 1. The molecule has 0 bridgehead atoms. The first-order valence-corrected chi connectivity index (χ1v) is 12.0. The normalized spacial score (nSPS) is 13.6. The summed E-state index contributed by atoms with van der Waals surface area (Å²) < 4.78 is 5.66. The van der Waals surface area contributed by atoms with Crippen LogP contribution in [0.2, 0.25) is 5.02 Å². The average Bonchev–Trinajstić information content (AvgIpc) is 2.91. The summed E-state index contributed by atoms with van der Waals surface area (Å²) in [4.78, 5) is 17.4. The van der Waals surface area contributed by atoms with Gasteiger partial charge in [-0.25, -0.2) is 0 Å². The van der Waals surface area contributed by atoms with E-state index in [1.165, 1.54) is 0 Å². The number of piperazine rings is 1. The Morgan fingerprint density at radius 3 is 2.26 bits per heavy atom. The molecule has 4 aromatic rings. The number of amides is 1. The Balaban J connectivity index is 1.26. The average molecular weight is 488 g/mol. The van der Waals surface area contributed by atoms with E-state index >= 15 is 0 Å². The second-order valence-corrected chi connectivity index (χ2v) is 8.67. The first-order valence-electron chi connectivity index (χ1n) is 11.7. The highest BCUT2D eigenvalue weighted by Gasteiger charge is 2.23. The van der Waals surface area contributed by atoms with E-state index in [1.54, 1.807) is 0 Å². The van der Waals surface area contributed by atoms with Gasteiger partial charge in [-0.1, -0.05) is 66.2 Å². The van der Waals surface area contributed by atoms with Crippen molar-refractivity contribution in [2.75, 3.05) is 49.1 Å². The fourth-order valence-corrected chi connectivity index (χ4v) is 4.55. The molecule has 7 nitrogen and oxygen atoms in total. The summed E-state index contributed by atoms with van der Waals surface area (Å²) in [5.41, 5.74) is 1.37. The van der Waals surface area contributed by atoms with Crippen LogP contribution in [0.3, 0.4) is 0 Å². The van der Waals surface area contributed by atoms with Crippen molar-refractivity contribution >= 4 is 39.8 Å². The lowest BCUT2D eigenvalue weighted by atomic mass is 10.1. The molecule has 1 N–H and O–H groups in total. The Kier molecular flexibility index (Phi) is 6.95. The molecule has 1 saturated heterocycles. The van der Waals surface area contributed by atoms with E-state index in [0.29, 0.717) is 18.8 Å². The molecule has 0 spiro atoms. The van der Waals surface area contributed by atoms with E-state index in [-0.39, 0.29) is 5.91 Å². The molecule has 8 heteroatoms. The van der Waals surface area contributed by atoms with Gasteiger partial charge in [0.25, 0.3) is 5.91 Å². The largest absolute Gasteiger partial charge is 0.492 e. The summed E-state index contributed by atoms with van der Waals surface area (Å²) in [5.74, 6) is 1.30. The maximum absolute atomic E-state index is 12.9. The van der Waals surface area contributed by atoms with Gasteiger partial charge in [0, 0.05) is 37.0 Å². The van der Waals surface area contributed by atoms with Gasteiger partial charge in [-0.3, -0.25) is 4.79 Å². The van der Waals surface area contributed by atoms with E-state index in [4.69, 9.17) is 16.3 Å². The van der Waals surface area contributed by atoms with Gasteiger partial charge in [-0.15, -0.1) is 10.2 Å². The van der Waals surface area contributed by atoms with E-state index in [0.717, 1.165) is 59.2 Å². The fraction of sp³-hybridized carbons (Fsp3) is 0.222. The number of anilines is 2. The number of carbonyl (C=O) groups is 1. The Morgan fingerprint density at radius 2 is 1.49 bits per heavy atom. The predicted molar refractivity (Wildman–Crippen MR) is 140 cm³/mol. The molecule has 3 aromatic carbocycles. The zero-order valence-electron chi connectivity index (χ0n) is 19.2. The summed E-state index contributed by atoms with van der Waals surface area (Å²) in [6.07, 6.45) is 0. The van der Waals surface area contributed by atoms with Crippen molar-refractivity contribution < 1.29 is 9.53 Å². The standard InChI is InChI=1S/C27H26ClN5O2/c28-23-12-6-7-13-24(23)32-15-17-33(18-16-32)26-22-11-5-4-10-21(22)25(30-31-26)27(34)29-14-19-35-20-8-2-1-3-9-20/h1-13H,14-19H2,(H,29,34). The lowest BCUT2D eigenvalue weighted by Crippen LogP contribution is -2.47. The highest BCUT2D eigenvalue weighted by atomic mass is 35.5. The van der Waals surface area contributed by atoms with Crippen molar-refractivity contribution in [3.8, 4) is 5.75 Å². The molecular weight excluding hydrogens is 462 g/mol. The number of rotatable bonds is 7. The Bertz CT molecular complexity index is 1310. The van der Waals surface area contributed by atoms with Crippen molar-refractivity contribution in [1.82, 2.24) is 15.5 Å². The van der Waals surface area contributed by atoms with Crippen LogP contribution in [0.4, 0.5) is 11.5 Å². The lowest BCUT2D eigenvalue weighted by molar-refractivity contribution is 0.0943. The summed E-state index contributed by atoms with van der Waals surface area (Å²) in [7, 11) is 0. The molecule has 35 heavy (non-hydrogen) atoms. The number of nitrogens with one attached hydrogen (secondary N) is 1. The van der Waals surface area contributed by atoms with Gasteiger partial charge in [0.05, 0.1) is 17.3 Å². The van der Waals surface area contributed by atoms with Crippen molar-refractivity contribution in [3.63, 3.8) is 0 Å². The second kappa shape index (κ2) is 10.6. The molecule has 2 heterocycles. The minimum Gasteiger partial charge on any atom is -0.492 e. The van der Waals surface area contributed by atoms with Crippen LogP contribution < -0.4 is 19.9 Å². The highest BCUT2D eigenvalue weighted by molar-refractivity contribution is 6.33. The smallest absolute Gasteiger partial charge is 0.272 e. The summed E-state index contributed by atoms with van der Waals surface area (Å²) in [6.45, 7) is 3.95. The topological polar surface area (TPSA) is 70.6 Å². The highest BCUT2D eigenvalue weighted by Crippen LogP contribution is 2.29. The Hall–Kier alpha value is -3.84. The number of para-hydroxylation sites is 2. The number of hydrogen-bond donors (Lipinski definition) is 1. The molecule has 0 atom stereocenters. The summed E-state index contributed by atoms with van der Waals surface area (Å²) in [5, 5.41) is 14.2. The number of benzene rings is 3. The van der Waals surface area contributed by atoms with Crippen LogP contribution in [-0.4, -0.2) is 55.4 Å². The van der Waals surface area contributed by atoms with Crippen LogP contribution in [0.5, 0.6) is 5.75 Å². The molecule has 0 aliphatic carbocycles. The molecule has 0 unspecified atom stereocenters. The number of fused-ring (bicyclic) bond motifs is 1. The third-order valence-corrected chi connectivity index (χ3v) is 6.37. The van der Waals surface area contributed by atoms with Gasteiger partial charge in [0.1, 0.15) is 12.4 Å². The maximum Gasteiger partial charge on any atom is 0.272 e. The molecule has 1 aliphatic heterocycles. The van der Waals surface area contributed by atoms with Crippen molar-refractivity contribution in [2.24, 2.45) is 0 Å². The number of hydrogen-bond acceptors (Lipinski definition) is 6. The van der Waals surface area contributed by atoms with Crippen LogP contribution in [-0.2, 0) is 0 Å². The Morgan fingerprint density at radius 1 is 0.829 bits per heavy atom. The third kappa shape index (κ3) is 5.15. The zero-order chi connectivity index (χ0) is 24.0. The first-order chi connectivity index (χ1) is 17.2. The fourth-order valence-electron chi connectivity index (χ4n) is 4.29. The van der Waals surface area contributed by atoms with Crippen LogP contribution in [0.25, 0.3) is 10.8 Å². The molecule has 1 amide bonds. The second-order valence-electron chi connectivity index (χ2n) is 8.26. The van der Waals surface area contributed by atoms with Crippen LogP contribution in [0.15, 0.2) is 78.9 Å². The molecule has 5 rings (SSSR count). The molecule has 1 aromatic heterocycles. The van der Waals surface area contributed by atoms with Crippen molar-refractivity contribution in [1.29, 1.82) is 0 Å². The van der Waals surface area contributed by atoms with Gasteiger partial charge in [0.15, 0.2) is 11.5 Å². The third-order valence-electron chi connectivity index (χ3n) is 6.05. The van der Waals surface area contributed by atoms with E-state index < -0.39 is 0 Å². The van der Waals surface area contributed by atoms with Crippen LogP contribution in [0.1, 0.15) is 10.5 Å². The van der Waals surface area contributed by atoms with Crippen molar-refractivity contribution in [2.45, 2.75) is 0 Å². The number of carbonyl (C=O) groups excluding carboxylic acids is 1. The number of nitrogens with zero attached hydrogens (tertiary/aromatic N) is 4. The molecular formula is C27H26ClN5O2. The van der Waals surface area contributed by atoms with Gasteiger partial charge < -0.3 is 19.9 Å². The molecule has 1 aliphatic rings. The van der Waals surface area contributed by atoms with E-state index in [1.807, 2.05) is 78.9 Å². The van der Waals surface area contributed by atoms with Gasteiger partial charge >= 0.3 is 0 Å². The molecule has 1 fully saturated rings. The first kappa shape index (κ1) is 22.9. The maximum atomic E-state index is 12.9. The van der Waals surface area contributed by atoms with Gasteiger partial charge in [-0.05, 0) is 24.3 Å².